The van der Waals surface area contributed by atoms with Gasteiger partial charge in [0.1, 0.15) is 12.4 Å². The van der Waals surface area contributed by atoms with Gasteiger partial charge in [-0.3, -0.25) is 4.79 Å². The van der Waals surface area contributed by atoms with Gasteiger partial charge in [-0.2, -0.15) is 0 Å². The molecule has 1 aliphatic heterocycles. The Morgan fingerprint density at radius 1 is 1.04 bits per heavy atom. The molecule has 2 heterocycles. The van der Waals surface area contributed by atoms with Gasteiger partial charge in [0, 0.05) is 37.8 Å². The number of para-hydroxylation sites is 1. The van der Waals surface area contributed by atoms with Crippen LogP contribution in [0.4, 0.5) is 0 Å². The molecule has 0 unspecified atom stereocenters. The minimum absolute atomic E-state index is 0.0768. The third-order valence-electron chi connectivity index (χ3n) is 4.55. The van der Waals surface area contributed by atoms with Crippen molar-refractivity contribution in [2.75, 3.05) is 26.2 Å². The van der Waals surface area contributed by atoms with Gasteiger partial charge in [0.05, 0.1) is 11.1 Å². The molecule has 0 atom stereocenters. The number of nitrogens with zero attached hydrogens (tertiary/aromatic N) is 1. The third-order valence-corrected chi connectivity index (χ3v) is 4.55. The normalized spacial score (nSPS) is 14.6. The Morgan fingerprint density at radius 3 is 2.64 bits per heavy atom. The van der Waals surface area contributed by atoms with E-state index in [4.69, 9.17) is 4.74 Å². The van der Waals surface area contributed by atoms with Crippen molar-refractivity contribution in [3.8, 4) is 5.75 Å². The summed E-state index contributed by atoms with van der Waals surface area (Å²) in [5.74, 6) is 0.841. The predicted molar refractivity (Wildman–Crippen MR) is 97.8 cm³/mol. The fraction of sp³-hybridized carbons (Fsp3) is 0.250. The van der Waals surface area contributed by atoms with Crippen LogP contribution in [-0.4, -0.2) is 42.0 Å². The van der Waals surface area contributed by atoms with Gasteiger partial charge in [-0.1, -0.05) is 42.5 Å². The van der Waals surface area contributed by atoms with Crippen LogP contribution >= 0.6 is 0 Å². The highest BCUT2D eigenvalue weighted by Gasteiger charge is 2.21. The summed E-state index contributed by atoms with van der Waals surface area (Å²) in [5.41, 5.74) is 2.70. The van der Waals surface area contributed by atoms with E-state index >= 15 is 0 Å². The molecule has 1 aromatic heterocycles. The van der Waals surface area contributed by atoms with E-state index in [1.54, 1.807) is 6.20 Å². The van der Waals surface area contributed by atoms with Crippen molar-refractivity contribution < 1.29 is 9.53 Å². The number of H-pyrrole nitrogens is 1. The molecule has 1 aliphatic rings. The number of hydrogen-bond acceptors (Lipinski definition) is 3. The van der Waals surface area contributed by atoms with Crippen molar-refractivity contribution in [2.24, 2.45) is 0 Å². The highest BCUT2D eigenvalue weighted by molar-refractivity contribution is 6.08. The molecule has 2 N–H and O–H groups in total. The van der Waals surface area contributed by atoms with Crippen molar-refractivity contribution in [3.05, 3.63) is 65.9 Å². The Bertz CT molecular complexity index is 867. The monoisotopic (exact) mass is 335 g/mol. The Morgan fingerprint density at radius 2 is 1.84 bits per heavy atom. The van der Waals surface area contributed by atoms with Crippen molar-refractivity contribution in [1.82, 2.24) is 15.2 Å². The van der Waals surface area contributed by atoms with Crippen molar-refractivity contribution in [2.45, 2.75) is 6.61 Å². The van der Waals surface area contributed by atoms with Gasteiger partial charge in [0.25, 0.3) is 5.91 Å². The summed E-state index contributed by atoms with van der Waals surface area (Å²) in [6, 6.07) is 15.9. The van der Waals surface area contributed by atoms with Crippen LogP contribution in [0.15, 0.2) is 54.7 Å². The minimum atomic E-state index is 0.0768. The van der Waals surface area contributed by atoms with Crippen LogP contribution in [0.25, 0.3) is 10.9 Å². The molecule has 25 heavy (non-hydrogen) atoms. The number of carbonyl (C=O) groups excluding carboxylic acids is 1. The maximum absolute atomic E-state index is 12.8. The molecule has 4 rings (SSSR count). The Hall–Kier alpha value is -2.79. The highest BCUT2D eigenvalue weighted by atomic mass is 16.5. The number of fused-ring (bicyclic) bond motifs is 1. The molecule has 1 amide bonds. The molecule has 0 saturated carbocycles. The summed E-state index contributed by atoms with van der Waals surface area (Å²) in [6.07, 6.45) is 1.80. The Labute approximate surface area is 146 Å². The van der Waals surface area contributed by atoms with E-state index in [0.717, 1.165) is 48.4 Å². The standard InChI is InChI=1S/C20H21N3O2/c24-20(23-11-9-21-10-12-23)17-13-22-19-16(17)7-4-8-18(19)25-14-15-5-2-1-3-6-15/h1-8,13,21-22H,9-12,14H2. The molecule has 0 bridgehead atoms. The topological polar surface area (TPSA) is 57.4 Å². The number of hydrogen-bond donors (Lipinski definition) is 2. The number of piperazine rings is 1. The second-order valence-corrected chi connectivity index (χ2v) is 6.20. The van der Waals surface area contributed by atoms with Crippen LogP contribution in [0.5, 0.6) is 5.75 Å². The fourth-order valence-electron chi connectivity index (χ4n) is 3.20. The van der Waals surface area contributed by atoms with Crippen molar-refractivity contribution in [1.29, 1.82) is 0 Å². The number of ether oxygens (including phenoxy) is 1. The Kier molecular flexibility index (Phi) is 4.39. The maximum atomic E-state index is 12.8. The summed E-state index contributed by atoms with van der Waals surface area (Å²) in [4.78, 5) is 17.9. The van der Waals surface area contributed by atoms with Crippen molar-refractivity contribution in [3.63, 3.8) is 0 Å². The summed E-state index contributed by atoms with van der Waals surface area (Å²) >= 11 is 0. The van der Waals surface area contributed by atoms with Gasteiger partial charge in [-0.05, 0) is 11.6 Å². The first-order valence-corrected chi connectivity index (χ1v) is 8.60. The smallest absolute Gasteiger partial charge is 0.256 e. The zero-order valence-electron chi connectivity index (χ0n) is 14.0. The molecule has 0 aliphatic carbocycles. The van der Waals surface area contributed by atoms with Gasteiger partial charge in [-0.25, -0.2) is 0 Å². The average molecular weight is 335 g/mol. The number of aromatic nitrogens is 1. The second-order valence-electron chi connectivity index (χ2n) is 6.20. The molecule has 3 aromatic rings. The highest BCUT2D eigenvalue weighted by Crippen LogP contribution is 2.28. The quantitative estimate of drug-likeness (QED) is 0.771. The van der Waals surface area contributed by atoms with Crippen LogP contribution in [0.2, 0.25) is 0 Å². The van der Waals surface area contributed by atoms with Gasteiger partial charge < -0.3 is 19.9 Å². The molecule has 1 saturated heterocycles. The van der Waals surface area contributed by atoms with Crippen LogP contribution < -0.4 is 10.1 Å². The van der Waals surface area contributed by atoms with E-state index in [1.165, 1.54) is 0 Å². The molecule has 0 radical (unpaired) electrons. The molecular weight excluding hydrogens is 314 g/mol. The number of nitrogens with one attached hydrogen (secondary N) is 2. The van der Waals surface area contributed by atoms with Crippen LogP contribution in [0, 0.1) is 0 Å². The molecule has 0 spiro atoms. The van der Waals surface area contributed by atoms with E-state index in [1.807, 2.05) is 53.4 Å². The summed E-state index contributed by atoms with van der Waals surface area (Å²) < 4.78 is 5.98. The molecule has 2 aromatic carbocycles. The average Bonchev–Trinajstić information content (AvgIpc) is 3.12. The third kappa shape index (κ3) is 3.23. The van der Waals surface area contributed by atoms with Gasteiger partial charge in [0.15, 0.2) is 0 Å². The first-order valence-electron chi connectivity index (χ1n) is 8.60. The van der Waals surface area contributed by atoms with E-state index in [0.29, 0.717) is 12.2 Å². The Balaban J connectivity index is 1.58. The number of aromatic amines is 1. The molecule has 5 nitrogen and oxygen atoms in total. The minimum Gasteiger partial charge on any atom is -0.487 e. The van der Waals surface area contributed by atoms with E-state index < -0.39 is 0 Å². The molecule has 1 fully saturated rings. The van der Waals surface area contributed by atoms with Gasteiger partial charge >= 0.3 is 0 Å². The van der Waals surface area contributed by atoms with E-state index in [-0.39, 0.29) is 5.91 Å². The zero-order valence-corrected chi connectivity index (χ0v) is 14.0. The lowest BCUT2D eigenvalue weighted by Gasteiger charge is -2.27. The number of carbonyl (C=O) groups is 1. The molecular formula is C20H21N3O2. The van der Waals surface area contributed by atoms with Crippen molar-refractivity contribution >= 4 is 16.8 Å². The lowest BCUT2D eigenvalue weighted by Crippen LogP contribution is -2.46. The molecule has 128 valence electrons. The number of benzene rings is 2. The predicted octanol–water partition coefficient (Wildman–Crippen LogP) is 2.79. The summed E-state index contributed by atoms with van der Waals surface area (Å²) in [5, 5.41) is 4.18. The van der Waals surface area contributed by atoms with E-state index in [2.05, 4.69) is 10.3 Å². The number of amides is 1. The van der Waals surface area contributed by atoms with Crippen LogP contribution in [-0.2, 0) is 6.61 Å². The first kappa shape index (κ1) is 15.7. The van der Waals surface area contributed by atoms with Gasteiger partial charge in [-0.15, -0.1) is 0 Å². The second kappa shape index (κ2) is 6.99. The SMILES string of the molecule is O=C(c1c[nH]c2c(OCc3ccccc3)cccc12)N1CCNCC1. The molecule has 5 heteroatoms. The van der Waals surface area contributed by atoms with E-state index in [9.17, 15) is 4.79 Å². The van der Waals surface area contributed by atoms with Crippen LogP contribution in [0.1, 0.15) is 15.9 Å². The summed E-state index contributed by atoms with van der Waals surface area (Å²) in [7, 11) is 0. The summed E-state index contributed by atoms with van der Waals surface area (Å²) in [6.45, 7) is 3.69. The largest absolute Gasteiger partial charge is 0.487 e. The maximum Gasteiger partial charge on any atom is 0.256 e. The zero-order chi connectivity index (χ0) is 17.1. The van der Waals surface area contributed by atoms with Gasteiger partial charge in [0.2, 0.25) is 0 Å². The first-order chi connectivity index (χ1) is 12.3. The number of rotatable bonds is 4. The lowest BCUT2D eigenvalue weighted by molar-refractivity contribution is 0.0738. The fourth-order valence-corrected chi connectivity index (χ4v) is 3.20. The lowest BCUT2D eigenvalue weighted by atomic mass is 10.1. The van der Waals surface area contributed by atoms with Crippen LogP contribution in [0.3, 0.4) is 0 Å².